The van der Waals surface area contributed by atoms with Crippen molar-refractivity contribution in [2.75, 3.05) is 0 Å². The number of hydrogen-bond donors (Lipinski definition) is 1. The summed E-state index contributed by atoms with van der Waals surface area (Å²) in [6, 6.07) is 9.92. The molecule has 0 aliphatic rings. The normalized spacial score (nSPS) is 12.1. The fraction of sp³-hybridized carbons (Fsp3) is 0.250. The topological polar surface area (TPSA) is 72.7 Å². The average Bonchev–Trinajstić information content (AvgIpc) is 3.17. The summed E-state index contributed by atoms with van der Waals surface area (Å²) in [6.45, 7) is 5.94. The van der Waals surface area contributed by atoms with Crippen LogP contribution in [-0.4, -0.2) is 25.3 Å². The highest BCUT2D eigenvalue weighted by Crippen LogP contribution is 2.17. The molecular formula is C16H17N5OS. The van der Waals surface area contributed by atoms with Gasteiger partial charge in [0.25, 0.3) is 5.91 Å². The first-order valence-corrected chi connectivity index (χ1v) is 8.10. The SMILES string of the molecule is Cc1cc(C)n(-c2ccc([C@@H](C)NC(=O)c3csnn3)cc2)n1. The fourth-order valence-corrected chi connectivity index (χ4v) is 2.85. The third-order valence-corrected chi connectivity index (χ3v) is 4.09. The van der Waals surface area contributed by atoms with E-state index < -0.39 is 0 Å². The number of carbonyl (C=O) groups excluding carboxylic acids is 1. The van der Waals surface area contributed by atoms with Gasteiger partial charge in [-0.1, -0.05) is 16.6 Å². The molecule has 6 nitrogen and oxygen atoms in total. The predicted molar refractivity (Wildman–Crippen MR) is 88.8 cm³/mol. The Balaban J connectivity index is 1.74. The number of aryl methyl sites for hydroxylation is 2. The molecule has 2 heterocycles. The van der Waals surface area contributed by atoms with Crippen molar-refractivity contribution in [2.24, 2.45) is 0 Å². The van der Waals surface area contributed by atoms with Crippen molar-refractivity contribution >= 4 is 17.4 Å². The largest absolute Gasteiger partial charge is 0.344 e. The molecule has 0 saturated carbocycles. The number of aromatic nitrogens is 4. The standard InChI is InChI=1S/C16H17N5OS/c1-10-8-11(2)21(19-10)14-6-4-13(5-7-14)12(3)17-16(22)15-9-23-20-18-15/h4-9,12H,1-3H3,(H,17,22)/t12-/m1/s1. The highest BCUT2D eigenvalue weighted by molar-refractivity contribution is 7.03. The molecule has 3 aromatic rings. The van der Waals surface area contributed by atoms with Gasteiger partial charge in [0.05, 0.1) is 17.4 Å². The van der Waals surface area contributed by atoms with Gasteiger partial charge < -0.3 is 5.32 Å². The third kappa shape index (κ3) is 3.29. The van der Waals surface area contributed by atoms with Gasteiger partial charge >= 0.3 is 0 Å². The van der Waals surface area contributed by atoms with E-state index in [2.05, 4.69) is 20.0 Å². The van der Waals surface area contributed by atoms with E-state index in [0.29, 0.717) is 5.69 Å². The van der Waals surface area contributed by atoms with Crippen LogP contribution in [0.4, 0.5) is 0 Å². The van der Waals surface area contributed by atoms with E-state index in [1.165, 1.54) is 0 Å². The smallest absolute Gasteiger partial charge is 0.273 e. The summed E-state index contributed by atoms with van der Waals surface area (Å²) >= 11 is 1.16. The molecule has 1 amide bonds. The summed E-state index contributed by atoms with van der Waals surface area (Å²) in [5, 5.41) is 12.8. The van der Waals surface area contributed by atoms with Gasteiger partial charge in [-0.15, -0.1) is 5.10 Å². The minimum atomic E-state index is -0.214. The van der Waals surface area contributed by atoms with Crippen LogP contribution < -0.4 is 5.32 Å². The summed E-state index contributed by atoms with van der Waals surface area (Å²) in [4.78, 5) is 12.0. The Hall–Kier alpha value is -2.54. The van der Waals surface area contributed by atoms with E-state index in [0.717, 1.165) is 34.2 Å². The lowest BCUT2D eigenvalue weighted by molar-refractivity contribution is 0.0935. The number of carbonyl (C=O) groups is 1. The van der Waals surface area contributed by atoms with Crippen LogP contribution in [0, 0.1) is 13.8 Å². The van der Waals surface area contributed by atoms with E-state index >= 15 is 0 Å². The average molecular weight is 327 g/mol. The van der Waals surface area contributed by atoms with Crippen LogP contribution in [0.5, 0.6) is 0 Å². The zero-order chi connectivity index (χ0) is 16.4. The Kier molecular flexibility index (Phi) is 4.20. The second kappa shape index (κ2) is 6.29. The molecule has 7 heteroatoms. The number of hydrogen-bond acceptors (Lipinski definition) is 5. The maximum Gasteiger partial charge on any atom is 0.273 e. The van der Waals surface area contributed by atoms with Gasteiger partial charge in [-0.25, -0.2) is 4.68 Å². The lowest BCUT2D eigenvalue weighted by Crippen LogP contribution is -2.26. The van der Waals surface area contributed by atoms with Gasteiger partial charge in [0.2, 0.25) is 0 Å². The summed E-state index contributed by atoms with van der Waals surface area (Å²) < 4.78 is 5.61. The second-order valence-electron chi connectivity index (χ2n) is 5.42. The first-order valence-electron chi connectivity index (χ1n) is 7.26. The van der Waals surface area contributed by atoms with Crippen LogP contribution >= 0.6 is 11.5 Å². The van der Waals surface area contributed by atoms with Crippen molar-refractivity contribution in [2.45, 2.75) is 26.8 Å². The van der Waals surface area contributed by atoms with Gasteiger partial charge in [-0.3, -0.25) is 4.79 Å². The third-order valence-electron chi connectivity index (χ3n) is 3.59. The molecule has 0 radical (unpaired) electrons. The Morgan fingerprint density at radius 2 is 2.00 bits per heavy atom. The number of amides is 1. The van der Waals surface area contributed by atoms with E-state index in [1.807, 2.05) is 55.8 Å². The van der Waals surface area contributed by atoms with Crippen LogP contribution in [0.25, 0.3) is 5.69 Å². The van der Waals surface area contributed by atoms with Crippen LogP contribution in [-0.2, 0) is 0 Å². The first kappa shape index (κ1) is 15.4. The fourth-order valence-electron chi connectivity index (χ4n) is 2.41. The number of rotatable bonds is 4. The minimum absolute atomic E-state index is 0.112. The van der Waals surface area contributed by atoms with Crippen LogP contribution in [0.3, 0.4) is 0 Å². The number of nitrogens with zero attached hydrogens (tertiary/aromatic N) is 4. The van der Waals surface area contributed by atoms with Crippen LogP contribution in [0.15, 0.2) is 35.7 Å². The highest BCUT2D eigenvalue weighted by Gasteiger charge is 2.14. The quantitative estimate of drug-likeness (QED) is 0.800. The number of benzene rings is 1. The molecule has 0 fully saturated rings. The maximum absolute atomic E-state index is 12.0. The lowest BCUT2D eigenvalue weighted by atomic mass is 10.1. The second-order valence-corrected chi connectivity index (χ2v) is 6.03. The molecule has 1 atom stereocenters. The molecule has 1 N–H and O–H groups in total. The van der Waals surface area contributed by atoms with Gasteiger partial charge in [0.1, 0.15) is 0 Å². The van der Waals surface area contributed by atoms with Crippen molar-refractivity contribution in [3.63, 3.8) is 0 Å². The molecule has 3 rings (SSSR count). The molecule has 0 aliphatic heterocycles. The van der Waals surface area contributed by atoms with Crippen molar-refractivity contribution in [3.8, 4) is 5.69 Å². The Bertz CT molecular complexity index is 808. The summed E-state index contributed by atoms with van der Waals surface area (Å²) in [5.74, 6) is -0.214. The highest BCUT2D eigenvalue weighted by atomic mass is 32.1. The van der Waals surface area contributed by atoms with Crippen LogP contribution in [0.1, 0.15) is 40.4 Å². The van der Waals surface area contributed by atoms with Crippen molar-refractivity contribution in [1.82, 2.24) is 24.7 Å². The van der Waals surface area contributed by atoms with Gasteiger partial charge in [-0.2, -0.15) is 5.10 Å². The molecular weight excluding hydrogens is 310 g/mol. The number of nitrogens with one attached hydrogen (secondary N) is 1. The van der Waals surface area contributed by atoms with E-state index in [9.17, 15) is 4.79 Å². The molecule has 118 valence electrons. The van der Waals surface area contributed by atoms with E-state index in [1.54, 1.807) is 5.38 Å². The summed E-state index contributed by atoms with van der Waals surface area (Å²) in [6.07, 6.45) is 0. The molecule has 1 aromatic carbocycles. The van der Waals surface area contributed by atoms with Gasteiger partial charge in [0.15, 0.2) is 5.69 Å². The molecule has 0 unspecified atom stereocenters. The Labute approximate surface area is 138 Å². The molecule has 0 saturated heterocycles. The zero-order valence-corrected chi connectivity index (χ0v) is 14.0. The Morgan fingerprint density at radius 1 is 1.26 bits per heavy atom. The molecule has 2 aromatic heterocycles. The summed E-state index contributed by atoms with van der Waals surface area (Å²) in [7, 11) is 0. The van der Waals surface area contributed by atoms with E-state index in [4.69, 9.17) is 0 Å². The zero-order valence-electron chi connectivity index (χ0n) is 13.1. The monoisotopic (exact) mass is 327 g/mol. The molecule has 0 aliphatic carbocycles. The maximum atomic E-state index is 12.0. The lowest BCUT2D eigenvalue weighted by Gasteiger charge is -2.14. The van der Waals surface area contributed by atoms with Gasteiger partial charge in [0, 0.05) is 11.1 Å². The molecule has 0 bridgehead atoms. The van der Waals surface area contributed by atoms with Crippen molar-refractivity contribution in [1.29, 1.82) is 0 Å². The predicted octanol–water partition coefficient (Wildman–Crippen LogP) is 2.83. The minimum Gasteiger partial charge on any atom is -0.344 e. The molecule has 0 spiro atoms. The van der Waals surface area contributed by atoms with Crippen molar-refractivity contribution in [3.05, 3.63) is 58.4 Å². The van der Waals surface area contributed by atoms with Crippen molar-refractivity contribution < 1.29 is 4.79 Å². The molecule has 23 heavy (non-hydrogen) atoms. The van der Waals surface area contributed by atoms with E-state index in [-0.39, 0.29) is 11.9 Å². The summed E-state index contributed by atoms with van der Waals surface area (Å²) in [5.41, 5.74) is 4.45. The first-order chi connectivity index (χ1) is 11.0. The van der Waals surface area contributed by atoms with Crippen LogP contribution in [0.2, 0.25) is 0 Å². The van der Waals surface area contributed by atoms with Gasteiger partial charge in [-0.05, 0) is 56.1 Å². The Morgan fingerprint density at radius 3 is 2.57 bits per heavy atom.